The molecule has 0 saturated carbocycles. The van der Waals surface area contributed by atoms with Crippen LogP contribution in [0.1, 0.15) is 19.8 Å². The number of amides is 1. The number of morpholine rings is 1. The van der Waals surface area contributed by atoms with Crippen molar-refractivity contribution in [1.82, 2.24) is 10.2 Å². The Morgan fingerprint density at radius 2 is 2.22 bits per heavy atom. The highest BCUT2D eigenvalue weighted by atomic mass is 16.5. The third-order valence-electron chi connectivity index (χ3n) is 3.73. The van der Waals surface area contributed by atoms with Crippen molar-refractivity contribution >= 4 is 11.9 Å². The summed E-state index contributed by atoms with van der Waals surface area (Å²) in [5.41, 5.74) is 0. The molecule has 2 fully saturated rings. The molecule has 2 heterocycles. The van der Waals surface area contributed by atoms with Gasteiger partial charge in [0.15, 0.2) is 6.04 Å². The number of hydrogen-bond acceptors (Lipinski definition) is 4. The topological polar surface area (TPSA) is 78.9 Å². The highest BCUT2D eigenvalue weighted by molar-refractivity contribution is 5.87. The maximum absolute atomic E-state index is 12.4. The first-order chi connectivity index (χ1) is 8.61. The molecule has 0 radical (unpaired) electrons. The Bertz CT molecular complexity index is 334. The zero-order valence-electron chi connectivity index (χ0n) is 10.6. The fourth-order valence-corrected chi connectivity index (χ4v) is 2.63. The van der Waals surface area contributed by atoms with Crippen LogP contribution in [0, 0.1) is 5.92 Å². The summed E-state index contributed by atoms with van der Waals surface area (Å²) in [6, 6.07) is -1.10. The van der Waals surface area contributed by atoms with Gasteiger partial charge in [0, 0.05) is 6.54 Å². The van der Waals surface area contributed by atoms with Gasteiger partial charge in [-0.05, 0) is 25.3 Å². The Kier molecular flexibility index (Phi) is 4.19. The first kappa shape index (κ1) is 13.3. The smallest absolute Gasteiger partial charge is 0.328 e. The van der Waals surface area contributed by atoms with Crippen LogP contribution < -0.4 is 5.32 Å². The van der Waals surface area contributed by atoms with Crippen molar-refractivity contribution in [2.24, 2.45) is 5.92 Å². The van der Waals surface area contributed by atoms with E-state index in [2.05, 4.69) is 5.32 Å². The Balaban J connectivity index is 2.07. The Hall–Kier alpha value is -1.14. The first-order valence-corrected chi connectivity index (χ1v) is 6.45. The summed E-state index contributed by atoms with van der Waals surface area (Å²) in [7, 11) is 0. The van der Waals surface area contributed by atoms with E-state index in [0.29, 0.717) is 13.2 Å². The third kappa shape index (κ3) is 2.64. The van der Waals surface area contributed by atoms with Crippen molar-refractivity contribution in [2.75, 3.05) is 26.3 Å². The lowest BCUT2D eigenvalue weighted by Crippen LogP contribution is -2.59. The summed E-state index contributed by atoms with van der Waals surface area (Å²) in [5, 5.41) is 12.3. The van der Waals surface area contributed by atoms with Crippen LogP contribution in [-0.4, -0.2) is 60.3 Å². The molecule has 0 aromatic rings. The van der Waals surface area contributed by atoms with E-state index in [-0.39, 0.29) is 24.5 Å². The fraction of sp³-hybridized carbons (Fsp3) is 0.833. The molecule has 6 nitrogen and oxygen atoms in total. The molecule has 18 heavy (non-hydrogen) atoms. The molecule has 6 heteroatoms. The molecule has 2 aliphatic rings. The summed E-state index contributed by atoms with van der Waals surface area (Å²) < 4.78 is 5.14. The number of carbonyl (C=O) groups excluding carboxylic acids is 1. The lowest BCUT2D eigenvalue weighted by atomic mass is 9.91. The third-order valence-corrected chi connectivity index (χ3v) is 3.73. The van der Waals surface area contributed by atoms with Crippen LogP contribution in [0.2, 0.25) is 0 Å². The highest BCUT2D eigenvalue weighted by Crippen LogP contribution is 2.19. The molecule has 102 valence electrons. The number of nitrogens with one attached hydrogen (secondary N) is 1. The van der Waals surface area contributed by atoms with E-state index in [4.69, 9.17) is 9.84 Å². The van der Waals surface area contributed by atoms with Gasteiger partial charge in [0.2, 0.25) is 5.91 Å². The van der Waals surface area contributed by atoms with Crippen molar-refractivity contribution in [3.05, 3.63) is 0 Å². The second kappa shape index (κ2) is 5.67. The average molecular weight is 256 g/mol. The second-order valence-corrected chi connectivity index (χ2v) is 5.01. The van der Waals surface area contributed by atoms with Gasteiger partial charge in [-0.25, -0.2) is 4.79 Å². The van der Waals surface area contributed by atoms with Gasteiger partial charge in [0.25, 0.3) is 0 Å². The molecule has 0 bridgehead atoms. The van der Waals surface area contributed by atoms with Gasteiger partial charge in [-0.2, -0.15) is 0 Å². The minimum atomic E-state index is -0.994. The summed E-state index contributed by atoms with van der Waals surface area (Å²) in [6.07, 6.45) is 2.07. The summed E-state index contributed by atoms with van der Waals surface area (Å²) in [5.74, 6) is -0.840. The molecular formula is C12H20N2O4. The number of carbonyl (C=O) groups is 2. The number of ether oxygens (including phenoxy) is 1. The van der Waals surface area contributed by atoms with Gasteiger partial charge in [0.1, 0.15) is 0 Å². The summed E-state index contributed by atoms with van der Waals surface area (Å²) >= 11 is 0. The molecular weight excluding hydrogens is 236 g/mol. The predicted octanol–water partition coefficient (Wildman–Crippen LogP) is -0.313. The zero-order valence-corrected chi connectivity index (χ0v) is 10.6. The average Bonchev–Trinajstić information content (AvgIpc) is 2.38. The maximum atomic E-state index is 12.4. The van der Waals surface area contributed by atoms with Crippen LogP contribution in [0.15, 0.2) is 0 Å². The molecule has 3 unspecified atom stereocenters. The maximum Gasteiger partial charge on any atom is 0.328 e. The number of carboxylic acid groups (broad SMARTS) is 1. The molecule has 0 aromatic carbocycles. The van der Waals surface area contributed by atoms with E-state index in [1.165, 1.54) is 4.90 Å². The lowest BCUT2D eigenvalue weighted by molar-refractivity contribution is -0.160. The van der Waals surface area contributed by atoms with Crippen LogP contribution in [0.5, 0.6) is 0 Å². The van der Waals surface area contributed by atoms with Crippen LogP contribution in [0.4, 0.5) is 0 Å². The number of aliphatic carboxylic acids is 1. The van der Waals surface area contributed by atoms with E-state index in [1.54, 1.807) is 0 Å². The Labute approximate surface area is 106 Å². The van der Waals surface area contributed by atoms with Gasteiger partial charge >= 0.3 is 5.97 Å². The normalized spacial score (nSPS) is 33.2. The quantitative estimate of drug-likeness (QED) is 0.708. The molecule has 0 aromatic heterocycles. The molecule has 3 atom stereocenters. The number of carboxylic acids is 1. The Morgan fingerprint density at radius 1 is 1.44 bits per heavy atom. The number of hydrogen-bond donors (Lipinski definition) is 2. The van der Waals surface area contributed by atoms with Crippen molar-refractivity contribution < 1.29 is 19.4 Å². The van der Waals surface area contributed by atoms with E-state index < -0.39 is 12.0 Å². The Morgan fingerprint density at radius 3 is 2.89 bits per heavy atom. The first-order valence-electron chi connectivity index (χ1n) is 6.45. The van der Waals surface area contributed by atoms with Gasteiger partial charge < -0.3 is 20.1 Å². The van der Waals surface area contributed by atoms with Crippen LogP contribution in [0.25, 0.3) is 0 Å². The fourth-order valence-electron chi connectivity index (χ4n) is 2.63. The minimum Gasteiger partial charge on any atom is -0.480 e. The molecule has 0 spiro atoms. The molecule has 2 saturated heterocycles. The highest BCUT2D eigenvalue weighted by Gasteiger charge is 2.38. The van der Waals surface area contributed by atoms with E-state index >= 15 is 0 Å². The standard InChI is InChI=1S/C12H20N2O4/c1-8-3-2-4-13-10(8)11(15)14-5-6-18-7-9(14)12(16)17/h8-10,13H,2-7H2,1H3,(H,16,17). The summed E-state index contributed by atoms with van der Waals surface area (Å²) in [4.78, 5) is 25.0. The van der Waals surface area contributed by atoms with E-state index in [0.717, 1.165) is 19.4 Å². The van der Waals surface area contributed by atoms with Gasteiger partial charge in [-0.15, -0.1) is 0 Å². The molecule has 2 N–H and O–H groups in total. The zero-order chi connectivity index (χ0) is 13.1. The van der Waals surface area contributed by atoms with Gasteiger partial charge in [-0.1, -0.05) is 6.92 Å². The van der Waals surface area contributed by atoms with Crippen molar-refractivity contribution in [3.63, 3.8) is 0 Å². The van der Waals surface area contributed by atoms with Gasteiger partial charge in [0.05, 0.1) is 19.3 Å². The molecule has 1 amide bonds. The van der Waals surface area contributed by atoms with Crippen molar-refractivity contribution in [2.45, 2.75) is 31.8 Å². The number of rotatable bonds is 2. The molecule has 2 rings (SSSR count). The van der Waals surface area contributed by atoms with Crippen LogP contribution in [-0.2, 0) is 14.3 Å². The minimum absolute atomic E-state index is 0.0855. The molecule has 2 aliphatic heterocycles. The van der Waals surface area contributed by atoms with Gasteiger partial charge in [-0.3, -0.25) is 4.79 Å². The van der Waals surface area contributed by atoms with Crippen LogP contribution >= 0.6 is 0 Å². The largest absolute Gasteiger partial charge is 0.480 e. The monoisotopic (exact) mass is 256 g/mol. The van der Waals surface area contributed by atoms with Crippen molar-refractivity contribution in [1.29, 1.82) is 0 Å². The van der Waals surface area contributed by atoms with E-state index in [1.807, 2.05) is 6.92 Å². The second-order valence-electron chi connectivity index (χ2n) is 5.01. The van der Waals surface area contributed by atoms with E-state index in [9.17, 15) is 9.59 Å². The number of nitrogens with zero attached hydrogens (tertiary/aromatic N) is 1. The SMILES string of the molecule is CC1CCCNC1C(=O)N1CCOCC1C(=O)O. The summed E-state index contributed by atoms with van der Waals surface area (Å²) in [6.45, 7) is 3.72. The predicted molar refractivity (Wildman–Crippen MR) is 64.1 cm³/mol. The molecule has 0 aliphatic carbocycles. The lowest BCUT2D eigenvalue weighted by Gasteiger charge is -2.38. The van der Waals surface area contributed by atoms with Crippen LogP contribution in [0.3, 0.4) is 0 Å². The van der Waals surface area contributed by atoms with Crippen molar-refractivity contribution in [3.8, 4) is 0 Å². The number of piperidine rings is 1.